The largest absolute Gasteiger partial charge is 0.469 e. The Morgan fingerprint density at radius 2 is 2.25 bits per heavy atom. The Labute approximate surface area is 124 Å². The predicted octanol–water partition coefficient (Wildman–Crippen LogP) is 1.51. The van der Waals surface area contributed by atoms with Gasteiger partial charge in [0.2, 0.25) is 5.91 Å². The van der Waals surface area contributed by atoms with Gasteiger partial charge in [-0.05, 0) is 37.1 Å². The number of ether oxygens (including phenoxy) is 1. The van der Waals surface area contributed by atoms with E-state index in [0.29, 0.717) is 5.69 Å². The monoisotopic (exact) mass is 298 g/mol. The summed E-state index contributed by atoms with van der Waals surface area (Å²) >= 11 is 0. The maximum absolute atomic E-state index is 11.9. The zero-order valence-electron chi connectivity index (χ0n) is 11.3. The topological polar surface area (TPSA) is 67.4 Å². The van der Waals surface area contributed by atoms with E-state index in [1.165, 1.54) is 7.11 Å². The van der Waals surface area contributed by atoms with Gasteiger partial charge in [0.25, 0.3) is 0 Å². The van der Waals surface area contributed by atoms with Crippen molar-refractivity contribution >= 4 is 30.0 Å². The van der Waals surface area contributed by atoms with Crippen LogP contribution in [0.4, 0.5) is 5.69 Å². The van der Waals surface area contributed by atoms with Crippen molar-refractivity contribution in [3.05, 3.63) is 29.8 Å². The number of amides is 1. The molecule has 0 bridgehead atoms. The molecule has 1 amide bonds. The zero-order valence-corrected chi connectivity index (χ0v) is 12.2. The number of nitrogens with one attached hydrogen (secondary N) is 2. The van der Waals surface area contributed by atoms with Gasteiger partial charge >= 0.3 is 5.97 Å². The number of carbonyl (C=O) groups excluding carboxylic acids is 2. The van der Waals surface area contributed by atoms with Crippen LogP contribution in [0.5, 0.6) is 0 Å². The number of hydrogen-bond acceptors (Lipinski definition) is 4. The zero-order chi connectivity index (χ0) is 13.7. The molecule has 1 aromatic rings. The summed E-state index contributed by atoms with van der Waals surface area (Å²) in [7, 11) is 1.36. The maximum Gasteiger partial charge on any atom is 0.309 e. The molecule has 1 fully saturated rings. The second-order valence-corrected chi connectivity index (χ2v) is 4.59. The Morgan fingerprint density at radius 3 is 2.90 bits per heavy atom. The van der Waals surface area contributed by atoms with Crippen molar-refractivity contribution in [2.45, 2.75) is 25.3 Å². The Morgan fingerprint density at radius 1 is 1.45 bits per heavy atom. The molecular formula is C14H19ClN2O3. The minimum Gasteiger partial charge on any atom is -0.469 e. The van der Waals surface area contributed by atoms with Crippen LogP contribution in [0.1, 0.15) is 18.4 Å². The number of anilines is 1. The van der Waals surface area contributed by atoms with E-state index in [2.05, 4.69) is 15.4 Å². The minimum atomic E-state index is -0.291. The van der Waals surface area contributed by atoms with Gasteiger partial charge in [-0.1, -0.05) is 12.1 Å². The first-order valence-electron chi connectivity index (χ1n) is 6.39. The van der Waals surface area contributed by atoms with E-state index < -0.39 is 0 Å². The highest BCUT2D eigenvalue weighted by Gasteiger charge is 2.21. The number of benzene rings is 1. The molecule has 1 atom stereocenters. The molecule has 0 aliphatic carbocycles. The van der Waals surface area contributed by atoms with Crippen molar-refractivity contribution in [2.75, 3.05) is 19.0 Å². The van der Waals surface area contributed by atoms with Crippen LogP contribution in [0.15, 0.2) is 24.3 Å². The van der Waals surface area contributed by atoms with Crippen LogP contribution in [-0.4, -0.2) is 31.6 Å². The highest BCUT2D eigenvalue weighted by Crippen LogP contribution is 2.14. The van der Waals surface area contributed by atoms with Crippen molar-refractivity contribution in [2.24, 2.45) is 0 Å². The average molecular weight is 299 g/mol. The van der Waals surface area contributed by atoms with Crippen molar-refractivity contribution in [1.29, 1.82) is 0 Å². The number of carbonyl (C=O) groups is 2. The number of methoxy groups -OCH3 is 1. The molecule has 2 N–H and O–H groups in total. The quantitative estimate of drug-likeness (QED) is 0.827. The van der Waals surface area contributed by atoms with E-state index in [-0.39, 0.29) is 36.7 Å². The van der Waals surface area contributed by atoms with Crippen LogP contribution in [0.3, 0.4) is 0 Å². The molecule has 20 heavy (non-hydrogen) atoms. The van der Waals surface area contributed by atoms with Gasteiger partial charge in [-0.15, -0.1) is 12.4 Å². The number of esters is 1. The molecule has 1 saturated heterocycles. The maximum atomic E-state index is 11.9. The molecule has 0 spiro atoms. The number of rotatable bonds is 4. The van der Waals surface area contributed by atoms with Crippen LogP contribution in [0.25, 0.3) is 0 Å². The minimum absolute atomic E-state index is 0. The summed E-state index contributed by atoms with van der Waals surface area (Å²) in [5.74, 6) is -0.311. The van der Waals surface area contributed by atoms with Gasteiger partial charge in [0.15, 0.2) is 0 Å². The molecule has 5 nitrogen and oxygen atoms in total. The first-order chi connectivity index (χ1) is 9.19. The molecule has 1 aliphatic rings. The van der Waals surface area contributed by atoms with E-state index in [1.54, 1.807) is 6.07 Å². The summed E-state index contributed by atoms with van der Waals surface area (Å²) in [6, 6.07) is 7.15. The lowest BCUT2D eigenvalue weighted by atomic mass is 10.1. The van der Waals surface area contributed by atoms with Crippen LogP contribution in [0, 0.1) is 0 Å². The molecule has 0 radical (unpaired) electrons. The van der Waals surface area contributed by atoms with Gasteiger partial charge in [0, 0.05) is 5.69 Å². The SMILES string of the molecule is COC(=O)Cc1cccc(NC(=O)C2CCCN2)c1.Cl. The third kappa shape index (κ3) is 4.51. The lowest BCUT2D eigenvalue weighted by molar-refractivity contribution is -0.139. The number of halogens is 1. The van der Waals surface area contributed by atoms with Crippen LogP contribution in [0.2, 0.25) is 0 Å². The smallest absolute Gasteiger partial charge is 0.309 e. The molecule has 1 aromatic carbocycles. The third-order valence-corrected chi connectivity index (χ3v) is 3.15. The Hall–Kier alpha value is -1.59. The van der Waals surface area contributed by atoms with E-state index >= 15 is 0 Å². The molecule has 110 valence electrons. The van der Waals surface area contributed by atoms with Crippen molar-refractivity contribution in [1.82, 2.24) is 5.32 Å². The molecule has 0 saturated carbocycles. The summed E-state index contributed by atoms with van der Waals surface area (Å²) in [5.41, 5.74) is 1.53. The summed E-state index contributed by atoms with van der Waals surface area (Å²) < 4.78 is 4.62. The Kier molecular flexibility index (Phi) is 6.48. The molecule has 1 aliphatic heterocycles. The molecule has 0 aromatic heterocycles. The van der Waals surface area contributed by atoms with E-state index in [0.717, 1.165) is 24.9 Å². The van der Waals surface area contributed by atoms with Gasteiger partial charge in [-0.2, -0.15) is 0 Å². The first-order valence-corrected chi connectivity index (χ1v) is 6.39. The fraction of sp³-hybridized carbons (Fsp3) is 0.429. The van der Waals surface area contributed by atoms with E-state index in [9.17, 15) is 9.59 Å². The highest BCUT2D eigenvalue weighted by atomic mass is 35.5. The fourth-order valence-electron chi connectivity index (χ4n) is 2.14. The molecule has 1 heterocycles. The van der Waals surface area contributed by atoms with Gasteiger partial charge in [-0.3, -0.25) is 9.59 Å². The van der Waals surface area contributed by atoms with Crippen LogP contribution < -0.4 is 10.6 Å². The van der Waals surface area contributed by atoms with Gasteiger partial charge in [-0.25, -0.2) is 0 Å². The van der Waals surface area contributed by atoms with Gasteiger partial charge in [0.1, 0.15) is 0 Å². The molecule has 6 heteroatoms. The van der Waals surface area contributed by atoms with Gasteiger partial charge < -0.3 is 15.4 Å². The fourth-order valence-corrected chi connectivity index (χ4v) is 2.14. The van der Waals surface area contributed by atoms with Crippen molar-refractivity contribution in [3.8, 4) is 0 Å². The van der Waals surface area contributed by atoms with Gasteiger partial charge in [0.05, 0.1) is 19.6 Å². The number of hydrogen-bond donors (Lipinski definition) is 2. The van der Waals surface area contributed by atoms with Crippen LogP contribution >= 0.6 is 12.4 Å². The molecule has 2 rings (SSSR count). The van der Waals surface area contributed by atoms with Crippen molar-refractivity contribution in [3.63, 3.8) is 0 Å². The summed E-state index contributed by atoms with van der Waals surface area (Å²) in [4.78, 5) is 23.1. The highest BCUT2D eigenvalue weighted by molar-refractivity contribution is 5.95. The Balaban J connectivity index is 0.00000200. The van der Waals surface area contributed by atoms with Crippen molar-refractivity contribution < 1.29 is 14.3 Å². The second kappa shape index (κ2) is 7.87. The predicted molar refractivity (Wildman–Crippen MR) is 79.1 cm³/mol. The summed E-state index contributed by atoms with van der Waals surface area (Å²) in [6.45, 7) is 0.889. The average Bonchev–Trinajstić information content (AvgIpc) is 2.93. The first kappa shape index (κ1) is 16.5. The van der Waals surface area contributed by atoms with E-state index in [1.807, 2.05) is 18.2 Å². The standard InChI is InChI=1S/C14H18N2O3.ClH/c1-19-13(17)9-10-4-2-5-11(8-10)16-14(18)12-6-3-7-15-12;/h2,4-5,8,12,15H,3,6-7,9H2,1H3,(H,16,18);1H. The van der Waals surface area contributed by atoms with E-state index in [4.69, 9.17) is 0 Å². The Bertz CT molecular complexity index is 473. The lowest BCUT2D eigenvalue weighted by Gasteiger charge is -2.11. The van der Waals surface area contributed by atoms with Crippen LogP contribution in [-0.2, 0) is 20.7 Å². The molecule has 1 unspecified atom stereocenters. The third-order valence-electron chi connectivity index (χ3n) is 3.15. The summed E-state index contributed by atoms with van der Waals surface area (Å²) in [5, 5.41) is 6.01. The summed E-state index contributed by atoms with van der Waals surface area (Å²) in [6.07, 6.45) is 2.11. The normalized spacial score (nSPS) is 17.1. The second-order valence-electron chi connectivity index (χ2n) is 4.59. The lowest BCUT2D eigenvalue weighted by Crippen LogP contribution is -2.35. The molecular weight excluding hydrogens is 280 g/mol.